The Kier molecular flexibility index (Phi) is 8.47. The molecule has 0 unspecified atom stereocenters. The quantitative estimate of drug-likeness (QED) is 0.280. The Morgan fingerprint density at radius 2 is 1.11 bits per heavy atom. The number of fused-ring (bicyclic) bond motifs is 2. The number of hydrogen-bond donors (Lipinski definition) is 2. The van der Waals surface area contributed by atoms with Crippen molar-refractivity contribution in [2.45, 2.75) is 45.4 Å². The third kappa shape index (κ3) is 6.38. The first-order valence-corrected chi connectivity index (χ1v) is 9.86. The molecule has 0 aliphatic heterocycles. The normalized spacial score (nSPS) is 10.6. The smallest absolute Gasteiger partial charge is 0.317 e. The van der Waals surface area contributed by atoms with E-state index in [-0.39, 0.29) is 6.42 Å². The van der Waals surface area contributed by atoms with E-state index in [9.17, 15) is 9.59 Å². The highest BCUT2D eigenvalue weighted by Crippen LogP contribution is 2.22. The van der Waals surface area contributed by atoms with Crippen molar-refractivity contribution in [3.63, 3.8) is 0 Å². The molecule has 4 nitrogen and oxygen atoms in total. The summed E-state index contributed by atoms with van der Waals surface area (Å²) in [5, 5.41) is 22.4. The van der Waals surface area contributed by atoms with Crippen LogP contribution in [0.4, 0.5) is 0 Å². The molecule has 0 amide bonds. The lowest BCUT2D eigenvalue weighted by molar-refractivity contribution is -0.154. The zero-order valence-electron chi connectivity index (χ0n) is 16.3. The van der Waals surface area contributed by atoms with E-state index < -0.39 is 17.9 Å². The summed E-state index contributed by atoms with van der Waals surface area (Å²) >= 11 is 0. The summed E-state index contributed by atoms with van der Waals surface area (Å²) in [6, 6.07) is 21.4. The van der Waals surface area contributed by atoms with Crippen molar-refractivity contribution in [1.29, 1.82) is 0 Å². The minimum atomic E-state index is -1.23. The molecule has 3 aromatic rings. The number of unbranched alkanes of at least 4 members (excludes halogenated alkanes) is 4. The van der Waals surface area contributed by atoms with Crippen LogP contribution in [0.25, 0.3) is 21.5 Å². The number of carbonyl (C=O) groups is 2. The van der Waals surface area contributed by atoms with Crippen LogP contribution < -0.4 is 0 Å². The van der Waals surface area contributed by atoms with E-state index in [1.165, 1.54) is 21.5 Å². The molecule has 0 spiro atoms. The predicted molar refractivity (Wildman–Crippen MR) is 114 cm³/mol. The van der Waals surface area contributed by atoms with E-state index in [0.717, 1.165) is 25.7 Å². The summed E-state index contributed by atoms with van der Waals surface area (Å²) in [6.07, 6.45) is 5.16. The van der Waals surface area contributed by atoms with E-state index in [2.05, 4.69) is 67.6 Å². The van der Waals surface area contributed by atoms with Crippen LogP contribution in [0, 0.1) is 5.92 Å². The fraction of sp³-hybridized carbons (Fsp3) is 0.333. The van der Waals surface area contributed by atoms with Crippen LogP contribution in [-0.4, -0.2) is 22.2 Å². The summed E-state index contributed by atoms with van der Waals surface area (Å²) in [5.41, 5.74) is 0. The third-order valence-electron chi connectivity index (χ3n) is 4.81. The summed E-state index contributed by atoms with van der Waals surface area (Å²) in [5.74, 6) is -3.68. The first-order valence-electron chi connectivity index (χ1n) is 9.86. The van der Waals surface area contributed by atoms with Crippen LogP contribution in [0.2, 0.25) is 0 Å². The van der Waals surface area contributed by atoms with Crippen LogP contribution in [0.5, 0.6) is 0 Å². The Bertz CT molecular complexity index is 798. The first-order chi connectivity index (χ1) is 13.5. The highest BCUT2D eigenvalue weighted by Gasteiger charge is 2.24. The van der Waals surface area contributed by atoms with Gasteiger partial charge in [-0.25, -0.2) is 0 Å². The van der Waals surface area contributed by atoms with E-state index in [1.807, 2.05) is 0 Å². The number of benzene rings is 3. The largest absolute Gasteiger partial charge is 0.481 e. The molecular weight excluding hydrogens is 352 g/mol. The molecular formula is C24H28O4. The zero-order chi connectivity index (χ0) is 20.4. The number of carboxylic acids is 2. The molecule has 0 bridgehead atoms. The minimum absolute atomic E-state index is 0.244. The second kappa shape index (κ2) is 11.1. The van der Waals surface area contributed by atoms with E-state index >= 15 is 0 Å². The maximum absolute atomic E-state index is 10.5. The van der Waals surface area contributed by atoms with Crippen molar-refractivity contribution in [2.75, 3.05) is 0 Å². The molecule has 0 heterocycles. The molecule has 3 rings (SSSR count). The molecule has 0 saturated carbocycles. The van der Waals surface area contributed by atoms with Gasteiger partial charge in [0.15, 0.2) is 5.92 Å². The number of rotatable bonds is 8. The van der Waals surface area contributed by atoms with Gasteiger partial charge in [0.25, 0.3) is 0 Å². The Balaban J connectivity index is 0.000000200. The molecule has 0 aliphatic rings. The Hall–Kier alpha value is -2.88. The molecule has 28 heavy (non-hydrogen) atoms. The second-order valence-corrected chi connectivity index (χ2v) is 6.98. The van der Waals surface area contributed by atoms with Gasteiger partial charge in [-0.15, -0.1) is 0 Å². The maximum atomic E-state index is 10.5. The van der Waals surface area contributed by atoms with Gasteiger partial charge in [0.1, 0.15) is 0 Å². The van der Waals surface area contributed by atoms with Crippen molar-refractivity contribution >= 4 is 33.5 Å². The zero-order valence-corrected chi connectivity index (χ0v) is 16.3. The Morgan fingerprint density at radius 3 is 1.46 bits per heavy atom. The van der Waals surface area contributed by atoms with Gasteiger partial charge in [-0.3, -0.25) is 9.59 Å². The fourth-order valence-corrected chi connectivity index (χ4v) is 3.19. The number of aliphatic carboxylic acids is 2. The second-order valence-electron chi connectivity index (χ2n) is 6.98. The summed E-state index contributed by atoms with van der Waals surface area (Å²) in [7, 11) is 0. The van der Waals surface area contributed by atoms with Gasteiger partial charge < -0.3 is 10.2 Å². The SMILES string of the molecule is CCCCCCCC(C(=O)O)C(=O)O.c1ccc2cc3ccccc3cc2c1. The van der Waals surface area contributed by atoms with Crippen molar-refractivity contribution in [3.05, 3.63) is 60.7 Å². The molecule has 148 valence electrons. The predicted octanol–water partition coefficient (Wildman–Crippen LogP) is 6.13. The third-order valence-corrected chi connectivity index (χ3v) is 4.81. The fourth-order valence-electron chi connectivity index (χ4n) is 3.19. The van der Waals surface area contributed by atoms with Crippen molar-refractivity contribution in [2.24, 2.45) is 5.92 Å². The van der Waals surface area contributed by atoms with Crippen molar-refractivity contribution < 1.29 is 19.8 Å². The van der Waals surface area contributed by atoms with Gasteiger partial charge in [0.2, 0.25) is 0 Å². The van der Waals surface area contributed by atoms with Crippen LogP contribution >= 0.6 is 0 Å². The molecule has 0 fully saturated rings. The molecule has 0 aliphatic carbocycles. The average Bonchev–Trinajstić information content (AvgIpc) is 2.69. The summed E-state index contributed by atoms with van der Waals surface area (Å²) in [4.78, 5) is 21.0. The summed E-state index contributed by atoms with van der Waals surface area (Å²) in [6.45, 7) is 2.09. The number of carboxylic acid groups (broad SMARTS) is 2. The van der Waals surface area contributed by atoms with E-state index in [0.29, 0.717) is 6.42 Å². The molecule has 3 aromatic carbocycles. The average molecular weight is 380 g/mol. The van der Waals surface area contributed by atoms with Gasteiger partial charge in [-0.1, -0.05) is 87.6 Å². The van der Waals surface area contributed by atoms with E-state index in [1.54, 1.807) is 0 Å². The van der Waals surface area contributed by atoms with E-state index in [4.69, 9.17) is 10.2 Å². The highest BCUT2D eigenvalue weighted by molar-refractivity contribution is 5.98. The monoisotopic (exact) mass is 380 g/mol. The first kappa shape index (κ1) is 21.4. The highest BCUT2D eigenvalue weighted by atomic mass is 16.4. The van der Waals surface area contributed by atoms with Crippen LogP contribution in [0.3, 0.4) is 0 Å². The lowest BCUT2D eigenvalue weighted by atomic mass is 10.0. The van der Waals surface area contributed by atoms with Gasteiger partial charge in [0.05, 0.1) is 0 Å². The Morgan fingerprint density at radius 1 is 0.714 bits per heavy atom. The van der Waals surface area contributed by atoms with Gasteiger partial charge >= 0.3 is 11.9 Å². The number of hydrogen-bond acceptors (Lipinski definition) is 2. The van der Waals surface area contributed by atoms with Crippen LogP contribution in [0.1, 0.15) is 45.4 Å². The van der Waals surface area contributed by atoms with Crippen LogP contribution in [0.15, 0.2) is 60.7 Å². The lowest BCUT2D eigenvalue weighted by Gasteiger charge is -2.06. The molecule has 0 atom stereocenters. The maximum Gasteiger partial charge on any atom is 0.317 e. The lowest BCUT2D eigenvalue weighted by Crippen LogP contribution is -2.23. The summed E-state index contributed by atoms with van der Waals surface area (Å²) < 4.78 is 0. The molecule has 4 heteroatoms. The minimum Gasteiger partial charge on any atom is -0.481 e. The van der Waals surface area contributed by atoms with Crippen molar-refractivity contribution in [3.8, 4) is 0 Å². The topological polar surface area (TPSA) is 74.6 Å². The van der Waals surface area contributed by atoms with Gasteiger partial charge in [-0.05, 0) is 40.1 Å². The van der Waals surface area contributed by atoms with Gasteiger partial charge in [0, 0.05) is 0 Å². The van der Waals surface area contributed by atoms with Crippen LogP contribution in [-0.2, 0) is 9.59 Å². The molecule has 2 N–H and O–H groups in total. The standard InChI is InChI=1S/C14H10.C10H18O4/c1-2-6-12-10-14-8-4-3-7-13(14)9-11(12)5-1;1-2-3-4-5-6-7-8(9(11)12)10(13)14/h1-10H;8H,2-7H2,1H3,(H,11,12)(H,13,14). The Labute approximate surface area is 165 Å². The van der Waals surface area contributed by atoms with Crippen molar-refractivity contribution in [1.82, 2.24) is 0 Å². The molecule has 0 aromatic heterocycles. The molecule has 0 radical (unpaired) electrons. The van der Waals surface area contributed by atoms with Gasteiger partial charge in [-0.2, -0.15) is 0 Å². The molecule has 0 saturated heterocycles.